The second-order valence-electron chi connectivity index (χ2n) is 2.77. The first-order valence-electron chi connectivity index (χ1n) is 4.16. The third-order valence-electron chi connectivity index (χ3n) is 1.74. The van der Waals surface area contributed by atoms with Gasteiger partial charge in [0.2, 0.25) is 0 Å². The lowest BCUT2D eigenvalue weighted by Crippen LogP contribution is -2.18. The molecule has 0 radical (unpaired) electrons. The monoisotopic (exact) mass is 355 g/mol. The van der Waals surface area contributed by atoms with E-state index in [0.29, 0.717) is 0 Å². The lowest BCUT2D eigenvalue weighted by atomic mass is 10.3. The predicted molar refractivity (Wildman–Crippen MR) is 66.4 cm³/mol. The van der Waals surface area contributed by atoms with Crippen molar-refractivity contribution in [1.82, 2.24) is 4.57 Å². The van der Waals surface area contributed by atoms with Gasteiger partial charge in [0.15, 0.2) is 0 Å². The lowest BCUT2D eigenvalue weighted by Gasteiger charge is -2.03. The summed E-state index contributed by atoms with van der Waals surface area (Å²) in [5, 5.41) is 1.01. The van der Waals surface area contributed by atoms with Crippen LogP contribution in [0.15, 0.2) is 23.1 Å². The molecule has 0 bridgehead atoms. The van der Waals surface area contributed by atoms with E-state index in [1.54, 1.807) is 10.6 Å². The highest BCUT2D eigenvalue weighted by atomic mass is 127. The molecule has 0 spiro atoms. The highest BCUT2D eigenvalue weighted by Crippen LogP contribution is 2.00. The molecule has 4 heteroatoms. The summed E-state index contributed by atoms with van der Waals surface area (Å²) >= 11 is 5.51. The molecule has 0 N–H and O–H groups in total. The smallest absolute Gasteiger partial charge is 0.251 e. The van der Waals surface area contributed by atoms with Crippen LogP contribution in [0.25, 0.3) is 0 Å². The normalized spacial score (nSPS) is 10.3. The van der Waals surface area contributed by atoms with E-state index in [0.717, 1.165) is 28.3 Å². The molecule has 0 fully saturated rings. The number of halogens is 2. The number of hydrogen-bond acceptors (Lipinski definition) is 1. The minimum atomic E-state index is 0.0986. The first-order chi connectivity index (χ1) is 6.24. The molecule has 1 aromatic rings. The van der Waals surface area contributed by atoms with Gasteiger partial charge in [-0.3, -0.25) is 4.79 Å². The van der Waals surface area contributed by atoms with Crippen LogP contribution in [0, 0.1) is 3.57 Å². The zero-order valence-corrected chi connectivity index (χ0v) is 10.9. The molecule has 0 saturated heterocycles. The summed E-state index contributed by atoms with van der Waals surface area (Å²) in [6.45, 7) is 0.821. The van der Waals surface area contributed by atoms with Gasteiger partial charge >= 0.3 is 0 Å². The van der Waals surface area contributed by atoms with Gasteiger partial charge in [0, 0.05) is 27.7 Å². The van der Waals surface area contributed by atoms with Crippen LogP contribution in [-0.2, 0) is 6.54 Å². The van der Waals surface area contributed by atoms with E-state index in [1.165, 1.54) is 0 Å². The Bertz CT molecular complexity index is 324. The summed E-state index contributed by atoms with van der Waals surface area (Å²) in [4.78, 5) is 11.4. The molecule has 0 aliphatic carbocycles. The van der Waals surface area contributed by atoms with Crippen molar-refractivity contribution >= 4 is 38.5 Å². The molecule has 0 unspecified atom stereocenters. The minimum Gasteiger partial charge on any atom is -0.315 e. The van der Waals surface area contributed by atoms with Crippen molar-refractivity contribution in [2.45, 2.75) is 19.4 Å². The van der Waals surface area contributed by atoms with E-state index in [2.05, 4.69) is 38.5 Å². The van der Waals surface area contributed by atoms with Crippen molar-refractivity contribution in [2.24, 2.45) is 0 Å². The van der Waals surface area contributed by atoms with Crippen LogP contribution in [0.2, 0.25) is 0 Å². The molecule has 72 valence electrons. The second kappa shape index (κ2) is 5.80. The molecular formula is C9H11BrINO. The third kappa shape index (κ3) is 3.81. The first kappa shape index (κ1) is 11.2. The van der Waals surface area contributed by atoms with Gasteiger partial charge in [-0.05, 0) is 41.5 Å². The fourth-order valence-corrected chi connectivity index (χ4v) is 1.87. The Kier molecular flexibility index (Phi) is 5.01. The van der Waals surface area contributed by atoms with Crippen molar-refractivity contribution in [2.75, 3.05) is 5.33 Å². The molecule has 1 rings (SSSR count). The number of alkyl halides is 1. The number of aromatic nitrogens is 1. The Morgan fingerprint density at radius 3 is 2.85 bits per heavy atom. The molecule has 1 heterocycles. The standard InChI is InChI=1S/C9H11BrINO/c10-4-1-2-5-12-6-3-8(11)7-9(12)13/h3,6-7H,1-2,4-5H2. The van der Waals surface area contributed by atoms with Crippen LogP contribution in [0.5, 0.6) is 0 Å². The van der Waals surface area contributed by atoms with Crippen LogP contribution in [0.3, 0.4) is 0 Å². The minimum absolute atomic E-state index is 0.0986. The highest BCUT2D eigenvalue weighted by molar-refractivity contribution is 14.1. The van der Waals surface area contributed by atoms with Gasteiger partial charge in [-0.15, -0.1) is 0 Å². The first-order valence-corrected chi connectivity index (χ1v) is 6.36. The van der Waals surface area contributed by atoms with Gasteiger partial charge in [-0.2, -0.15) is 0 Å². The van der Waals surface area contributed by atoms with E-state index in [4.69, 9.17) is 0 Å². The number of hydrogen-bond donors (Lipinski definition) is 0. The fraction of sp³-hybridized carbons (Fsp3) is 0.444. The topological polar surface area (TPSA) is 22.0 Å². The van der Waals surface area contributed by atoms with Gasteiger partial charge in [0.25, 0.3) is 5.56 Å². The molecule has 0 aromatic carbocycles. The van der Waals surface area contributed by atoms with E-state index in [1.807, 2.05) is 12.3 Å². The molecule has 0 atom stereocenters. The van der Waals surface area contributed by atoms with Crippen LogP contribution in [0.1, 0.15) is 12.8 Å². The van der Waals surface area contributed by atoms with E-state index < -0.39 is 0 Å². The summed E-state index contributed by atoms with van der Waals surface area (Å²) in [6, 6.07) is 3.62. The lowest BCUT2D eigenvalue weighted by molar-refractivity contribution is 0.616. The molecule has 0 amide bonds. The quantitative estimate of drug-likeness (QED) is 0.462. The average molecular weight is 356 g/mol. The highest BCUT2D eigenvalue weighted by Gasteiger charge is 1.95. The van der Waals surface area contributed by atoms with E-state index >= 15 is 0 Å². The van der Waals surface area contributed by atoms with Crippen LogP contribution < -0.4 is 5.56 Å². The van der Waals surface area contributed by atoms with Crippen LogP contribution in [0.4, 0.5) is 0 Å². The maximum atomic E-state index is 11.4. The molecular weight excluding hydrogens is 345 g/mol. The third-order valence-corrected chi connectivity index (χ3v) is 2.97. The zero-order chi connectivity index (χ0) is 9.68. The SMILES string of the molecule is O=c1cc(I)ccn1CCCCBr. The number of pyridine rings is 1. The number of rotatable bonds is 4. The molecule has 0 aliphatic heterocycles. The second-order valence-corrected chi connectivity index (χ2v) is 4.81. The molecule has 1 aromatic heterocycles. The molecule has 0 saturated carbocycles. The zero-order valence-electron chi connectivity index (χ0n) is 7.17. The van der Waals surface area contributed by atoms with Crippen molar-refractivity contribution in [1.29, 1.82) is 0 Å². The van der Waals surface area contributed by atoms with Gasteiger partial charge in [-0.25, -0.2) is 0 Å². The number of aryl methyl sites for hydroxylation is 1. The van der Waals surface area contributed by atoms with Gasteiger partial charge < -0.3 is 4.57 Å². The molecule has 13 heavy (non-hydrogen) atoms. The Morgan fingerprint density at radius 2 is 2.23 bits per heavy atom. The summed E-state index contributed by atoms with van der Waals surface area (Å²) in [5.74, 6) is 0. The predicted octanol–water partition coefficient (Wildman–Crippen LogP) is 2.63. The largest absolute Gasteiger partial charge is 0.315 e. The summed E-state index contributed by atoms with van der Waals surface area (Å²) in [5.41, 5.74) is 0.0986. The van der Waals surface area contributed by atoms with E-state index in [9.17, 15) is 4.79 Å². The maximum absolute atomic E-state index is 11.4. The van der Waals surface area contributed by atoms with Gasteiger partial charge in [0.1, 0.15) is 0 Å². The Balaban J connectivity index is 2.62. The van der Waals surface area contributed by atoms with Crippen molar-refractivity contribution in [3.8, 4) is 0 Å². The average Bonchev–Trinajstić information content (AvgIpc) is 2.09. The summed E-state index contributed by atoms with van der Waals surface area (Å²) < 4.78 is 2.75. The number of unbranched alkanes of at least 4 members (excludes halogenated alkanes) is 1. The maximum Gasteiger partial charge on any atom is 0.251 e. The molecule has 0 aliphatic rings. The van der Waals surface area contributed by atoms with Crippen LogP contribution in [-0.4, -0.2) is 9.90 Å². The molecule has 2 nitrogen and oxygen atoms in total. The fourth-order valence-electron chi connectivity index (χ4n) is 1.04. The van der Waals surface area contributed by atoms with Gasteiger partial charge in [-0.1, -0.05) is 15.9 Å². The Labute approximate surface area is 99.6 Å². The van der Waals surface area contributed by atoms with E-state index in [-0.39, 0.29) is 5.56 Å². The van der Waals surface area contributed by atoms with Crippen molar-refractivity contribution < 1.29 is 0 Å². The summed E-state index contributed by atoms with van der Waals surface area (Å²) in [6.07, 6.45) is 4.02. The van der Waals surface area contributed by atoms with Crippen molar-refractivity contribution in [3.05, 3.63) is 32.3 Å². The van der Waals surface area contributed by atoms with Crippen molar-refractivity contribution in [3.63, 3.8) is 0 Å². The summed E-state index contributed by atoms with van der Waals surface area (Å²) in [7, 11) is 0. The number of nitrogens with zero attached hydrogens (tertiary/aromatic N) is 1. The Hall–Kier alpha value is 0.160. The van der Waals surface area contributed by atoms with Crippen LogP contribution >= 0.6 is 38.5 Å². The van der Waals surface area contributed by atoms with Gasteiger partial charge in [0.05, 0.1) is 0 Å². The Morgan fingerprint density at radius 1 is 1.46 bits per heavy atom.